The maximum absolute atomic E-state index is 13.0. The normalized spacial score (nSPS) is 11.3. The van der Waals surface area contributed by atoms with E-state index in [1.165, 1.54) is 18.2 Å². The molecule has 0 radical (unpaired) electrons. The number of nitrogens with zero attached hydrogens (tertiary/aromatic N) is 3. The molecule has 2 aromatic carbocycles. The van der Waals surface area contributed by atoms with Crippen LogP contribution < -0.4 is 5.32 Å². The number of para-hydroxylation sites is 2. The fraction of sp³-hybridized carbons (Fsp3) is 0.0625. The molecule has 0 bridgehead atoms. The van der Waals surface area contributed by atoms with Gasteiger partial charge >= 0.3 is 6.18 Å². The van der Waals surface area contributed by atoms with Gasteiger partial charge in [-0.3, -0.25) is 4.79 Å². The molecule has 0 spiro atoms. The van der Waals surface area contributed by atoms with E-state index in [4.69, 9.17) is 0 Å². The standard InChI is InChI=1S/C16H11F3N4O/c17-16(18,19)12-8-4-5-9-14(12)23-10-13(21-22-23)15(24)20-11-6-2-1-3-7-11/h1-10H,(H,20,24). The maximum atomic E-state index is 13.0. The highest BCUT2D eigenvalue weighted by Gasteiger charge is 2.34. The first-order valence-corrected chi connectivity index (χ1v) is 6.90. The van der Waals surface area contributed by atoms with Gasteiger partial charge in [-0.1, -0.05) is 35.5 Å². The zero-order valence-electron chi connectivity index (χ0n) is 12.2. The third kappa shape index (κ3) is 3.27. The lowest BCUT2D eigenvalue weighted by Gasteiger charge is -2.11. The summed E-state index contributed by atoms with van der Waals surface area (Å²) in [6.07, 6.45) is -3.38. The summed E-state index contributed by atoms with van der Waals surface area (Å²) in [7, 11) is 0. The Hall–Kier alpha value is -3.16. The molecule has 122 valence electrons. The van der Waals surface area contributed by atoms with Gasteiger partial charge in [0.05, 0.1) is 17.4 Å². The van der Waals surface area contributed by atoms with Crippen LogP contribution in [0.4, 0.5) is 18.9 Å². The van der Waals surface area contributed by atoms with Crippen LogP contribution in [0, 0.1) is 0 Å². The predicted octanol–water partition coefficient (Wildman–Crippen LogP) is 3.54. The van der Waals surface area contributed by atoms with Crippen molar-refractivity contribution in [3.05, 3.63) is 72.1 Å². The van der Waals surface area contributed by atoms with Crippen LogP contribution in [0.1, 0.15) is 16.1 Å². The minimum Gasteiger partial charge on any atom is -0.321 e. The predicted molar refractivity (Wildman–Crippen MR) is 80.8 cm³/mol. The fourth-order valence-electron chi connectivity index (χ4n) is 2.12. The van der Waals surface area contributed by atoms with Crippen molar-refractivity contribution in [1.82, 2.24) is 15.0 Å². The lowest BCUT2D eigenvalue weighted by Crippen LogP contribution is -2.12. The average molecular weight is 332 g/mol. The first-order valence-electron chi connectivity index (χ1n) is 6.90. The zero-order valence-corrected chi connectivity index (χ0v) is 12.2. The van der Waals surface area contributed by atoms with E-state index in [1.54, 1.807) is 30.3 Å². The number of carbonyl (C=O) groups excluding carboxylic acids is 1. The van der Waals surface area contributed by atoms with Gasteiger partial charge in [0.1, 0.15) is 0 Å². The van der Waals surface area contributed by atoms with Crippen LogP contribution in [0.3, 0.4) is 0 Å². The molecule has 0 aliphatic carbocycles. The fourth-order valence-corrected chi connectivity index (χ4v) is 2.12. The van der Waals surface area contributed by atoms with Crippen LogP contribution in [0.2, 0.25) is 0 Å². The van der Waals surface area contributed by atoms with Crippen molar-refractivity contribution in [2.75, 3.05) is 5.32 Å². The van der Waals surface area contributed by atoms with E-state index < -0.39 is 17.6 Å². The van der Waals surface area contributed by atoms with Gasteiger partial charge in [0.15, 0.2) is 5.69 Å². The van der Waals surface area contributed by atoms with Gasteiger partial charge in [0.2, 0.25) is 0 Å². The van der Waals surface area contributed by atoms with Crippen molar-refractivity contribution in [3.63, 3.8) is 0 Å². The monoisotopic (exact) mass is 332 g/mol. The Balaban J connectivity index is 1.88. The van der Waals surface area contributed by atoms with Gasteiger partial charge in [-0.15, -0.1) is 5.10 Å². The summed E-state index contributed by atoms with van der Waals surface area (Å²) in [5.74, 6) is -0.558. The minimum atomic E-state index is -4.53. The number of nitrogens with one attached hydrogen (secondary N) is 1. The number of carbonyl (C=O) groups is 1. The second-order valence-corrected chi connectivity index (χ2v) is 4.88. The molecular weight excluding hydrogens is 321 g/mol. The second-order valence-electron chi connectivity index (χ2n) is 4.88. The van der Waals surface area contributed by atoms with Crippen LogP contribution in [0.25, 0.3) is 5.69 Å². The van der Waals surface area contributed by atoms with E-state index in [-0.39, 0.29) is 11.4 Å². The molecule has 0 aliphatic rings. The van der Waals surface area contributed by atoms with Crippen LogP contribution in [0.15, 0.2) is 60.8 Å². The number of benzene rings is 2. The van der Waals surface area contributed by atoms with Crippen molar-refractivity contribution in [1.29, 1.82) is 0 Å². The Kier molecular flexibility index (Phi) is 4.03. The molecule has 24 heavy (non-hydrogen) atoms. The second kappa shape index (κ2) is 6.15. The summed E-state index contributed by atoms with van der Waals surface area (Å²) in [6.45, 7) is 0. The summed E-state index contributed by atoms with van der Waals surface area (Å²) in [6, 6.07) is 13.6. The lowest BCUT2D eigenvalue weighted by atomic mass is 10.1. The largest absolute Gasteiger partial charge is 0.418 e. The maximum Gasteiger partial charge on any atom is 0.418 e. The number of aromatic nitrogens is 3. The third-order valence-corrected chi connectivity index (χ3v) is 3.21. The van der Waals surface area contributed by atoms with Crippen LogP contribution >= 0.6 is 0 Å². The van der Waals surface area contributed by atoms with E-state index in [9.17, 15) is 18.0 Å². The summed E-state index contributed by atoms with van der Waals surface area (Å²) in [5.41, 5.74) is -0.593. The molecule has 0 fully saturated rings. The number of hydrogen-bond donors (Lipinski definition) is 1. The molecule has 5 nitrogen and oxygen atoms in total. The molecule has 0 aliphatic heterocycles. The van der Waals surface area contributed by atoms with Crippen molar-refractivity contribution in [2.45, 2.75) is 6.18 Å². The Morgan fingerprint density at radius 2 is 1.67 bits per heavy atom. The summed E-state index contributed by atoms with van der Waals surface area (Å²) in [5, 5.41) is 9.87. The molecule has 0 unspecified atom stereocenters. The number of anilines is 1. The van der Waals surface area contributed by atoms with Crippen LogP contribution in [-0.2, 0) is 6.18 Å². The molecule has 1 heterocycles. The first-order chi connectivity index (χ1) is 11.4. The van der Waals surface area contributed by atoms with Crippen LogP contribution in [-0.4, -0.2) is 20.9 Å². The van der Waals surface area contributed by atoms with Gasteiger partial charge < -0.3 is 5.32 Å². The van der Waals surface area contributed by atoms with Crippen molar-refractivity contribution in [3.8, 4) is 5.69 Å². The van der Waals surface area contributed by atoms with Crippen molar-refractivity contribution >= 4 is 11.6 Å². The molecule has 3 aromatic rings. The number of halogens is 3. The first kappa shape index (κ1) is 15.7. The SMILES string of the molecule is O=C(Nc1ccccc1)c1cn(-c2ccccc2C(F)(F)F)nn1. The molecule has 0 saturated carbocycles. The summed E-state index contributed by atoms with van der Waals surface area (Å²) < 4.78 is 40.1. The molecule has 0 saturated heterocycles. The smallest absolute Gasteiger partial charge is 0.321 e. The van der Waals surface area contributed by atoms with Gasteiger partial charge in [0.25, 0.3) is 5.91 Å². The molecule has 1 aromatic heterocycles. The van der Waals surface area contributed by atoms with E-state index >= 15 is 0 Å². The molecule has 0 atom stereocenters. The molecule has 8 heteroatoms. The number of hydrogen-bond acceptors (Lipinski definition) is 3. The Morgan fingerprint density at radius 3 is 2.38 bits per heavy atom. The molecule has 1 amide bonds. The van der Waals surface area contributed by atoms with E-state index in [0.29, 0.717) is 5.69 Å². The molecular formula is C16H11F3N4O. The van der Waals surface area contributed by atoms with Gasteiger partial charge in [-0.2, -0.15) is 13.2 Å². The molecule has 1 N–H and O–H groups in total. The number of amides is 1. The molecule has 3 rings (SSSR count). The quantitative estimate of drug-likeness (QED) is 0.798. The minimum absolute atomic E-state index is 0.0872. The summed E-state index contributed by atoms with van der Waals surface area (Å²) >= 11 is 0. The van der Waals surface area contributed by atoms with E-state index in [1.807, 2.05) is 0 Å². The van der Waals surface area contributed by atoms with E-state index in [2.05, 4.69) is 15.6 Å². The van der Waals surface area contributed by atoms with E-state index in [0.717, 1.165) is 16.9 Å². The average Bonchev–Trinajstić information content (AvgIpc) is 3.05. The third-order valence-electron chi connectivity index (χ3n) is 3.21. The Labute approximate surface area is 134 Å². The zero-order chi connectivity index (χ0) is 17.2. The highest BCUT2D eigenvalue weighted by Crippen LogP contribution is 2.33. The highest BCUT2D eigenvalue weighted by molar-refractivity contribution is 6.02. The lowest BCUT2D eigenvalue weighted by molar-refractivity contribution is -0.137. The topological polar surface area (TPSA) is 59.8 Å². The van der Waals surface area contributed by atoms with Gasteiger partial charge in [-0.25, -0.2) is 4.68 Å². The number of alkyl halides is 3. The highest BCUT2D eigenvalue weighted by atomic mass is 19.4. The Bertz CT molecular complexity index is 859. The number of rotatable bonds is 3. The Morgan fingerprint density at radius 1 is 1.00 bits per heavy atom. The van der Waals surface area contributed by atoms with Gasteiger partial charge in [0, 0.05) is 5.69 Å². The van der Waals surface area contributed by atoms with Gasteiger partial charge in [-0.05, 0) is 24.3 Å². The van der Waals surface area contributed by atoms with Crippen molar-refractivity contribution < 1.29 is 18.0 Å². The van der Waals surface area contributed by atoms with Crippen molar-refractivity contribution in [2.24, 2.45) is 0 Å². The summed E-state index contributed by atoms with van der Waals surface area (Å²) in [4.78, 5) is 12.1. The van der Waals surface area contributed by atoms with Crippen LogP contribution in [0.5, 0.6) is 0 Å².